The molecule has 6 heteroatoms. The van der Waals surface area contributed by atoms with Gasteiger partial charge in [0.25, 0.3) is 0 Å². The Morgan fingerprint density at radius 1 is 1.17 bits per heavy atom. The molecule has 2 rings (SSSR count). The summed E-state index contributed by atoms with van der Waals surface area (Å²) in [5, 5.41) is 2.18. The highest BCUT2D eigenvalue weighted by atomic mass is 127. The van der Waals surface area contributed by atoms with Gasteiger partial charge in [0.05, 0.1) is 15.6 Å². The summed E-state index contributed by atoms with van der Waals surface area (Å²) in [6.07, 6.45) is -3.19. The van der Waals surface area contributed by atoms with Gasteiger partial charge in [0.1, 0.15) is 5.75 Å². The molecule has 0 amide bonds. The molecule has 0 aromatic heterocycles. The Labute approximate surface area is 162 Å². The van der Waals surface area contributed by atoms with E-state index in [0.29, 0.717) is 12.8 Å². The summed E-state index contributed by atoms with van der Waals surface area (Å²) < 4.78 is 46.0. The molecule has 0 N–H and O–H groups in total. The van der Waals surface area contributed by atoms with Crippen LogP contribution in [0.25, 0.3) is 10.8 Å². The standard InChI is InChI=1S/C18H19BrF3IO/c1-3-14(7-4-11(2)18(20,21)22)24-16-9-5-12-10-13(19)6-8-15(12)17(16)23/h5-6,8-11,14H,3-4,7H2,1-2H3/t11-,14+/m1/s1. The summed E-state index contributed by atoms with van der Waals surface area (Å²) in [6, 6.07) is 9.88. The highest BCUT2D eigenvalue weighted by Gasteiger charge is 2.35. The molecular weight excluding hydrogens is 496 g/mol. The van der Waals surface area contributed by atoms with Crippen LogP contribution in [0.5, 0.6) is 5.75 Å². The topological polar surface area (TPSA) is 9.23 Å². The average Bonchev–Trinajstić information content (AvgIpc) is 2.52. The quantitative estimate of drug-likeness (QED) is 0.366. The zero-order valence-electron chi connectivity index (χ0n) is 13.5. The van der Waals surface area contributed by atoms with Crippen molar-refractivity contribution in [2.24, 2.45) is 5.92 Å². The van der Waals surface area contributed by atoms with Gasteiger partial charge in [-0.05, 0) is 70.8 Å². The fourth-order valence-electron chi connectivity index (χ4n) is 2.46. The van der Waals surface area contributed by atoms with Crippen LogP contribution in [0.4, 0.5) is 13.2 Å². The SMILES string of the molecule is CC[C@@H](CC[C@@H](C)C(F)(F)F)Oc1ccc2cc(Br)ccc2c1I. The molecule has 0 fully saturated rings. The van der Waals surface area contributed by atoms with Gasteiger partial charge in [-0.3, -0.25) is 0 Å². The molecule has 0 saturated heterocycles. The molecule has 0 aliphatic carbocycles. The van der Waals surface area contributed by atoms with Crippen LogP contribution in [0.2, 0.25) is 0 Å². The van der Waals surface area contributed by atoms with E-state index in [1.807, 2.05) is 37.3 Å². The van der Waals surface area contributed by atoms with E-state index in [-0.39, 0.29) is 12.5 Å². The Balaban J connectivity index is 2.12. The molecule has 2 aromatic carbocycles. The van der Waals surface area contributed by atoms with Crippen LogP contribution >= 0.6 is 38.5 Å². The van der Waals surface area contributed by atoms with Crippen molar-refractivity contribution in [3.63, 3.8) is 0 Å². The number of hydrogen-bond acceptors (Lipinski definition) is 1. The second kappa shape index (κ2) is 8.25. The van der Waals surface area contributed by atoms with Gasteiger partial charge in [-0.1, -0.05) is 41.9 Å². The van der Waals surface area contributed by atoms with Crippen LogP contribution in [-0.4, -0.2) is 12.3 Å². The van der Waals surface area contributed by atoms with Gasteiger partial charge in [-0.15, -0.1) is 0 Å². The summed E-state index contributed by atoms with van der Waals surface area (Å²) in [6.45, 7) is 3.16. The molecule has 0 aliphatic rings. The number of alkyl halides is 3. The molecule has 0 bridgehead atoms. The van der Waals surface area contributed by atoms with Gasteiger partial charge in [0.15, 0.2) is 0 Å². The van der Waals surface area contributed by atoms with Gasteiger partial charge >= 0.3 is 6.18 Å². The summed E-state index contributed by atoms with van der Waals surface area (Å²) in [5.41, 5.74) is 0. The lowest BCUT2D eigenvalue weighted by Crippen LogP contribution is -2.23. The van der Waals surface area contributed by atoms with Crippen molar-refractivity contribution in [2.75, 3.05) is 0 Å². The van der Waals surface area contributed by atoms with Crippen LogP contribution in [0.1, 0.15) is 33.1 Å². The average molecular weight is 515 g/mol. The van der Waals surface area contributed by atoms with Crippen molar-refractivity contribution >= 4 is 49.3 Å². The lowest BCUT2D eigenvalue weighted by atomic mass is 10.0. The maximum atomic E-state index is 12.7. The van der Waals surface area contributed by atoms with Crippen LogP contribution in [0.15, 0.2) is 34.8 Å². The van der Waals surface area contributed by atoms with Crippen LogP contribution in [-0.2, 0) is 0 Å². The molecule has 1 nitrogen and oxygen atoms in total. The van der Waals surface area contributed by atoms with Crippen molar-refractivity contribution in [3.05, 3.63) is 38.4 Å². The molecule has 0 heterocycles. The van der Waals surface area contributed by atoms with Crippen molar-refractivity contribution < 1.29 is 17.9 Å². The fraction of sp³-hybridized carbons (Fsp3) is 0.444. The lowest BCUT2D eigenvalue weighted by Gasteiger charge is -2.22. The summed E-state index contributed by atoms with van der Waals surface area (Å²) in [7, 11) is 0. The minimum atomic E-state index is -4.14. The third-order valence-electron chi connectivity index (χ3n) is 4.11. The van der Waals surface area contributed by atoms with Crippen LogP contribution < -0.4 is 4.74 Å². The number of halogens is 5. The van der Waals surface area contributed by atoms with Gasteiger partial charge < -0.3 is 4.74 Å². The van der Waals surface area contributed by atoms with Crippen LogP contribution in [0.3, 0.4) is 0 Å². The number of ether oxygens (including phenoxy) is 1. The van der Waals surface area contributed by atoms with Gasteiger partial charge in [0.2, 0.25) is 0 Å². The molecule has 132 valence electrons. The number of rotatable bonds is 6. The predicted molar refractivity (Wildman–Crippen MR) is 104 cm³/mol. The molecular formula is C18H19BrF3IO. The van der Waals surface area contributed by atoms with E-state index in [1.165, 1.54) is 6.92 Å². The zero-order chi connectivity index (χ0) is 17.9. The zero-order valence-corrected chi connectivity index (χ0v) is 17.2. The third kappa shape index (κ3) is 5.00. The number of benzene rings is 2. The lowest BCUT2D eigenvalue weighted by molar-refractivity contribution is -0.172. The largest absolute Gasteiger partial charge is 0.489 e. The Bertz CT molecular complexity index is 702. The molecule has 0 unspecified atom stereocenters. The molecule has 0 aliphatic heterocycles. The predicted octanol–water partition coefficient (Wildman–Crippen LogP) is 7.34. The van der Waals surface area contributed by atoms with Gasteiger partial charge in [-0.2, -0.15) is 13.2 Å². The van der Waals surface area contributed by atoms with Crippen molar-refractivity contribution in [1.29, 1.82) is 0 Å². The Morgan fingerprint density at radius 2 is 1.88 bits per heavy atom. The summed E-state index contributed by atoms with van der Waals surface area (Å²) >= 11 is 5.69. The molecule has 2 aromatic rings. The first-order valence-electron chi connectivity index (χ1n) is 7.83. The van der Waals surface area contributed by atoms with E-state index in [2.05, 4.69) is 38.5 Å². The van der Waals surface area contributed by atoms with Crippen LogP contribution in [0, 0.1) is 9.49 Å². The first-order valence-corrected chi connectivity index (χ1v) is 9.70. The Hall–Kier alpha value is -0.500. The second-order valence-electron chi connectivity index (χ2n) is 5.91. The second-order valence-corrected chi connectivity index (χ2v) is 7.91. The van der Waals surface area contributed by atoms with Crippen molar-refractivity contribution in [3.8, 4) is 5.75 Å². The van der Waals surface area contributed by atoms with E-state index < -0.39 is 12.1 Å². The van der Waals surface area contributed by atoms with Crippen molar-refractivity contribution in [1.82, 2.24) is 0 Å². The monoisotopic (exact) mass is 514 g/mol. The Kier molecular flexibility index (Phi) is 6.82. The van der Waals surface area contributed by atoms with Crippen molar-refractivity contribution in [2.45, 2.75) is 45.4 Å². The number of fused-ring (bicyclic) bond motifs is 1. The minimum absolute atomic E-state index is 0.0825. The van der Waals surface area contributed by atoms with E-state index >= 15 is 0 Å². The van der Waals surface area contributed by atoms with E-state index in [0.717, 1.165) is 24.6 Å². The highest BCUT2D eigenvalue weighted by Crippen LogP contribution is 2.34. The van der Waals surface area contributed by atoms with Gasteiger partial charge in [-0.25, -0.2) is 0 Å². The molecule has 0 radical (unpaired) electrons. The first kappa shape index (κ1) is 19.8. The first-order chi connectivity index (χ1) is 11.2. The Morgan fingerprint density at radius 3 is 2.50 bits per heavy atom. The van der Waals surface area contributed by atoms with E-state index in [9.17, 15) is 13.2 Å². The highest BCUT2D eigenvalue weighted by molar-refractivity contribution is 14.1. The maximum Gasteiger partial charge on any atom is 0.391 e. The van der Waals surface area contributed by atoms with E-state index in [1.54, 1.807) is 0 Å². The molecule has 0 saturated carbocycles. The number of hydrogen-bond donors (Lipinski definition) is 0. The van der Waals surface area contributed by atoms with Gasteiger partial charge in [0, 0.05) is 4.47 Å². The molecule has 24 heavy (non-hydrogen) atoms. The smallest absolute Gasteiger partial charge is 0.391 e. The minimum Gasteiger partial charge on any atom is -0.489 e. The summed E-state index contributed by atoms with van der Waals surface area (Å²) in [4.78, 5) is 0. The summed E-state index contributed by atoms with van der Waals surface area (Å²) in [5.74, 6) is -0.569. The maximum absolute atomic E-state index is 12.7. The third-order valence-corrected chi connectivity index (χ3v) is 5.72. The normalized spacial score (nSPS) is 14.6. The molecule has 0 spiro atoms. The molecule has 2 atom stereocenters. The fourth-order valence-corrected chi connectivity index (χ4v) is 3.64. The van der Waals surface area contributed by atoms with E-state index in [4.69, 9.17) is 4.74 Å².